The molecular weight excluding hydrogens is 160 g/mol. The van der Waals surface area contributed by atoms with Gasteiger partial charge in [-0.2, -0.15) is 0 Å². The molecule has 0 radical (unpaired) electrons. The monoisotopic (exact) mass is 174 g/mol. The molecule has 1 fully saturated rings. The van der Waals surface area contributed by atoms with Gasteiger partial charge in [0.2, 0.25) is 0 Å². The van der Waals surface area contributed by atoms with Crippen molar-refractivity contribution in [3.63, 3.8) is 0 Å². The zero-order chi connectivity index (χ0) is 8.93. The normalized spacial score (nSPS) is 19.8. The van der Waals surface area contributed by atoms with Gasteiger partial charge in [0.1, 0.15) is 0 Å². The van der Waals surface area contributed by atoms with E-state index in [-0.39, 0.29) is 0 Å². The molecule has 2 nitrogen and oxygen atoms in total. The second-order valence-electron chi connectivity index (χ2n) is 3.31. The van der Waals surface area contributed by atoms with Crippen LogP contribution in [0.5, 0.6) is 0 Å². The number of piperidine rings is 1. The van der Waals surface area contributed by atoms with E-state index in [1.165, 1.54) is 18.5 Å². The van der Waals surface area contributed by atoms with Gasteiger partial charge in [-0.15, -0.1) is 0 Å². The molecule has 2 heteroatoms. The lowest BCUT2D eigenvalue weighted by Crippen LogP contribution is -2.19. The minimum Gasteiger partial charge on any atom is -0.388 e. The molecule has 0 saturated carbocycles. The van der Waals surface area contributed by atoms with Crippen molar-refractivity contribution in [2.75, 3.05) is 6.54 Å². The van der Waals surface area contributed by atoms with Crippen molar-refractivity contribution < 1.29 is 0 Å². The third-order valence-electron chi connectivity index (χ3n) is 2.23. The van der Waals surface area contributed by atoms with Crippen LogP contribution in [0.25, 0.3) is 6.08 Å². The quantitative estimate of drug-likeness (QED) is 0.706. The van der Waals surface area contributed by atoms with Gasteiger partial charge in [0.25, 0.3) is 0 Å². The van der Waals surface area contributed by atoms with Crippen molar-refractivity contribution in [2.45, 2.75) is 19.3 Å². The molecule has 0 atom stereocenters. The van der Waals surface area contributed by atoms with Crippen LogP contribution in [0.15, 0.2) is 30.1 Å². The fraction of sp³-hybridized carbons (Fsp3) is 0.364. The van der Waals surface area contributed by atoms with Gasteiger partial charge in [0, 0.05) is 18.4 Å². The Morgan fingerprint density at radius 3 is 3.00 bits per heavy atom. The topological polar surface area (TPSA) is 24.9 Å². The fourth-order valence-corrected chi connectivity index (χ4v) is 1.54. The molecule has 2 rings (SSSR count). The van der Waals surface area contributed by atoms with Gasteiger partial charge in [0.05, 0.1) is 5.69 Å². The molecule has 0 bridgehead atoms. The molecule has 2 heterocycles. The first kappa shape index (κ1) is 8.30. The number of aromatic nitrogens is 1. The number of allylic oxidation sites excluding steroid dienone is 1. The number of nitrogens with zero attached hydrogens (tertiary/aromatic N) is 1. The molecule has 68 valence electrons. The van der Waals surface area contributed by atoms with Crippen molar-refractivity contribution in [3.05, 3.63) is 35.8 Å². The molecule has 1 aliphatic rings. The maximum absolute atomic E-state index is 4.26. The maximum atomic E-state index is 4.26. The number of hydrogen-bond acceptors (Lipinski definition) is 2. The van der Waals surface area contributed by atoms with Crippen molar-refractivity contribution in [1.82, 2.24) is 10.3 Å². The van der Waals surface area contributed by atoms with E-state index in [0.29, 0.717) is 0 Å². The third kappa shape index (κ3) is 2.31. The van der Waals surface area contributed by atoms with Gasteiger partial charge in [0.15, 0.2) is 0 Å². The number of nitrogens with one attached hydrogen (secondary N) is 1. The second kappa shape index (κ2) is 4.08. The average molecular weight is 174 g/mol. The van der Waals surface area contributed by atoms with Crippen molar-refractivity contribution >= 4 is 6.08 Å². The molecule has 1 aliphatic heterocycles. The summed E-state index contributed by atoms with van der Waals surface area (Å²) in [6.07, 6.45) is 7.72. The highest BCUT2D eigenvalue weighted by molar-refractivity contribution is 5.48. The SMILES string of the molecule is C(=C1CCCCN1)c1ccccn1. The Kier molecular flexibility index (Phi) is 2.60. The van der Waals surface area contributed by atoms with Crippen LogP contribution in [0, 0.1) is 0 Å². The molecule has 1 aromatic heterocycles. The summed E-state index contributed by atoms with van der Waals surface area (Å²) in [5, 5.41) is 3.39. The van der Waals surface area contributed by atoms with E-state index in [9.17, 15) is 0 Å². The molecule has 0 amide bonds. The van der Waals surface area contributed by atoms with Crippen LogP contribution in [-0.2, 0) is 0 Å². The molecular formula is C11H14N2. The molecule has 0 unspecified atom stereocenters. The van der Waals surface area contributed by atoms with E-state index in [1.54, 1.807) is 0 Å². The van der Waals surface area contributed by atoms with Crippen LogP contribution in [0.3, 0.4) is 0 Å². The zero-order valence-corrected chi connectivity index (χ0v) is 7.66. The molecule has 0 aliphatic carbocycles. The summed E-state index contributed by atoms with van der Waals surface area (Å²) in [4.78, 5) is 4.26. The van der Waals surface area contributed by atoms with Gasteiger partial charge >= 0.3 is 0 Å². The van der Waals surface area contributed by atoms with Crippen molar-refractivity contribution in [3.8, 4) is 0 Å². The van der Waals surface area contributed by atoms with E-state index >= 15 is 0 Å². The van der Waals surface area contributed by atoms with Crippen molar-refractivity contribution in [1.29, 1.82) is 0 Å². The van der Waals surface area contributed by atoms with Gasteiger partial charge < -0.3 is 5.32 Å². The number of rotatable bonds is 1. The summed E-state index contributed by atoms with van der Waals surface area (Å²) in [5.74, 6) is 0. The molecule has 1 N–H and O–H groups in total. The largest absolute Gasteiger partial charge is 0.388 e. The van der Waals surface area contributed by atoms with Crippen LogP contribution in [-0.4, -0.2) is 11.5 Å². The summed E-state index contributed by atoms with van der Waals surface area (Å²) >= 11 is 0. The van der Waals surface area contributed by atoms with E-state index < -0.39 is 0 Å². The van der Waals surface area contributed by atoms with Gasteiger partial charge in [-0.3, -0.25) is 4.98 Å². The van der Waals surface area contributed by atoms with Gasteiger partial charge in [-0.25, -0.2) is 0 Å². The van der Waals surface area contributed by atoms with Crippen molar-refractivity contribution in [2.24, 2.45) is 0 Å². The summed E-state index contributed by atoms with van der Waals surface area (Å²) in [6, 6.07) is 5.99. The summed E-state index contributed by atoms with van der Waals surface area (Å²) in [5.41, 5.74) is 2.37. The van der Waals surface area contributed by atoms with E-state index in [1.807, 2.05) is 24.4 Å². The standard InChI is InChI=1S/C11H14N2/c1-3-7-12-10(5-1)9-11-6-2-4-8-13-11/h1,3,5,7,9,13H,2,4,6,8H2. The van der Waals surface area contributed by atoms with Crippen LogP contribution >= 0.6 is 0 Å². The first-order chi connectivity index (χ1) is 6.45. The summed E-state index contributed by atoms with van der Waals surface area (Å²) in [6.45, 7) is 1.11. The third-order valence-corrected chi connectivity index (χ3v) is 2.23. The Hall–Kier alpha value is -1.31. The fourth-order valence-electron chi connectivity index (χ4n) is 1.54. The maximum Gasteiger partial charge on any atom is 0.0646 e. The minimum absolute atomic E-state index is 1.05. The Morgan fingerprint density at radius 1 is 1.31 bits per heavy atom. The Bertz CT molecular complexity index is 282. The van der Waals surface area contributed by atoms with E-state index in [0.717, 1.165) is 18.7 Å². The predicted octanol–water partition coefficient (Wildman–Crippen LogP) is 2.20. The molecule has 1 aromatic rings. The Labute approximate surface area is 78.7 Å². The molecule has 0 aromatic carbocycles. The number of pyridine rings is 1. The van der Waals surface area contributed by atoms with Crippen LogP contribution in [0.1, 0.15) is 25.0 Å². The van der Waals surface area contributed by atoms with Crippen LogP contribution in [0.2, 0.25) is 0 Å². The highest BCUT2D eigenvalue weighted by Gasteiger charge is 2.03. The Balaban J connectivity index is 2.10. The first-order valence-corrected chi connectivity index (χ1v) is 4.80. The number of hydrogen-bond donors (Lipinski definition) is 1. The lowest BCUT2D eigenvalue weighted by Gasteiger charge is -2.16. The summed E-state index contributed by atoms with van der Waals surface area (Å²) in [7, 11) is 0. The first-order valence-electron chi connectivity index (χ1n) is 4.80. The van der Waals surface area contributed by atoms with Gasteiger partial charge in [-0.05, 0) is 37.5 Å². The zero-order valence-electron chi connectivity index (χ0n) is 7.66. The van der Waals surface area contributed by atoms with Crippen LogP contribution < -0.4 is 5.32 Å². The lowest BCUT2D eigenvalue weighted by molar-refractivity contribution is 0.592. The van der Waals surface area contributed by atoms with Gasteiger partial charge in [-0.1, -0.05) is 6.07 Å². The van der Waals surface area contributed by atoms with E-state index in [4.69, 9.17) is 0 Å². The second-order valence-corrected chi connectivity index (χ2v) is 3.31. The van der Waals surface area contributed by atoms with E-state index in [2.05, 4.69) is 16.4 Å². The average Bonchev–Trinajstić information content (AvgIpc) is 2.21. The molecule has 13 heavy (non-hydrogen) atoms. The minimum atomic E-state index is 1.05. The molecule has 0 spiro atoms. The Morgan fingerprint density at radius 2 is 2.31 bits per heavy atom. The smallest absolute Gasteiger partial charge is 0.0646 e. The molecule has 1 saturated heterocycles. The van der Waals surface area contributed by atoms with Crippen LogP contribution in [0.4, 0.5) is 0 Å². The lowest BCUT2D eigenvalue weighted by atomic mass is 10.1. The predicted molar refractivity (Wildman–Crippen MR) is 54.1 cm³/mol. The highest BCUT2D eigenvalue weighted by Crippen LogP contribution is 2.12. The highest BCUT2D eigenvalue weighted by atomic mass is 14.9. The summed E-state index contributed by atoms with van der Waals surface area (Å²) < 4.78 is 0.